The summed E-state index contributed by atoms with van der Waals surface area (Å²) < 4.78 is 38.3. The number of aliphatic carboxylic acids is 1. The quantitative estimate of drug-likeness (QED) is 0.380. The highest BCUT2D eigenvalue weighted by Gasteiger charge is 2.48. The molecule has 8 heteroatoms. The van der Waals surface area contributed by atoms with E-state index >= 15 is 0 Å². The number of hydrogen-bond acceptors (Lipinski definition) is 3. The molecule has 2 aliphatic rings. The van der Waals surface area contributed by atoms with Crippen molar-refractivity contribution >= 4 is 11.9 Å². The van der Waals surface area contributed by atoms with Crippen molar-refractivity contribution in [2.75, 3.05) is 32.7 Å². The number of carbonyl (C=O) groups is 2. The van der Waals surface area contributed by atoms with E-state index in [0.717, 1.165) is 53.8 Å². The molecule has 0 spiro atoms. The van der Waals surface area contributed by atoms with Gasteiger partial charge in [-0.2, -0.15) is 13.2 Å². The minimum absolute atomic E-state index is 0.0817. The lowest BCUT2D eigenvalue weighted by atomic mass is 9.74. The number of piperazine rings is 1. The predicted octanol–water partition coefficient (Wildman–Crippen LogP) is 5.61. The summed E-state index contributed by atoms with van der Waals surface area (Å²) in [4.78, 5) is 29.5. The molecule has 204 valence electrons. The third kappa shape index (κ3) is 5.30. The van der Waals surface area contributed by atoms with Crippen molar-refractivity contribution in [2.45, 2.75) is 37.3 Å². The lowest BCUT2D eigenvalue weighted by Crippen LogP contribution is -2.49. The van der Waals surface area contributed by atoms with Gasteiger partial charge in [0.1, 0.15) is 5.41 Å². The number of fused-ring (bicyclic) bond motifs is 3. The van der Waals surface area contributed by atoms with E-state index in [0.29, 0.717) is 38.2 Å². The number of hydrogen-bond donors (Lipinski definition) is 1. The van der Waals surface area contributed by atoms with Crippen molar-refractivity contribution < 1.29 is 27.9 Å². The molecule has 1 N–H and O–H groups in total. The Kier molecular flexibility index (Phi) is 7.49. The van der Waals surface area contributed by atoms with Gasteiger partial charge in [0.2, 0.25) is 5.91 Å². The average molecular weight is 537 g/mol. The Balaban J connectivity index is 1.12. The molecule has 1 heterocycles. The molecule has 1 fully saturated rings. The molecule has 3 aromatic rings. The SMILES string of the molecule is O=C(Cc1ccc(C(F)(F)F)cc1)N1CCN(CCCCC2(C(=O)O)c3ccccc3-c3ccccc32)CC1. The fourth-order valence-corrected chi connectivity index (χ4v) is 5.98. The molecule has 0 atom stereocenters. The van der Waals surface area contributed by atoms with E-state index < -0.39 is 23.1 Å². The van der Waals surface area contributed by atoms with E-state index in [4.69, 9.17) is 0 Å². The predicted molar refractivity (Wildman–Crippen MR) is 142 cm³/mol. The fraction of sp³-hybridized carbons (Fsp3) is 0.355. The zero-order valence-electron chi connectivity index (χ0n) is 21.6. The number of carbonyl (C=O) groups excluding carboxylic acids is 1. The molecule has 0 saturated carbocycles. The van der Waals surface area contributed by atoms with Crippen LogP contribution in [0.1, 0.15) is 41.5 Å². The molecule has 0 aromatic heterocycles. The van der Waals surface area contributed by atoms with Gasteiger partial charge >= 0.3 is 12.1 Å². The number of rotatable bonds is 8. The number of unbranched alkanes of at least 4 members (excludes halogenated alkanes) is 1. The van der Waals surface area contributed by atoms with Crippen molar-refractivity contribution in [1.29, 1.82) is 0 Å². The molecule has 0 radical (unpaired) electrons. The Morgan fingerprint density at radius 3 is 1.90 bits per heavy atom. The summed E-state index contributed by atoms with van der Waals surface area (Å²) in [5.74, 6) is -0.906. The highest BCUT2D eigenvalue weighted by molar-refractivity contribution is 5.97. The summed E-state index contributed by atoms with van der Waals surface area (Å²) in [6, 6.07) is 20.3. The zero-order valence-corrected chi connectivity index (χ0v) is 21.6. The van der Waals surface area contributed by atoms with Crippen LogP contribution in [-0.4, -0.2) is 59.5 Å². The van der Waals surface area contributed by atoms with Crippen molar-refractivity contribution in [3.63, 3.8) is 0 Å². The van der Waals surface area contributed by atoms with Gasteiger partial charge in [-0.3, -0.25) is 14.5 Å². The molecule has 1 saturated heterocycles. The minimum Gasteiger partial charge on any atom is -0.480 e. The molecular weight excluding hydrogens is 505 g/mol. The van der Waals surface area contributed by atoms with Gasteiger partial charge in [-0.25, -0.2) is 0 Å². The third-order valence-electron chi connectivity index (χ3n) is 8.07. The molecule has 1 aliphatic carbocycles. The van der Waals surface area contributed by atoms with Gasteiger partial charge < -0.3 is 10.0 Å². The molecule has 0 unspecified atom stereocenters. The van der Waals surface area contributed by atoms with Gasteiger partial charge in [-0.05, 0) is 59.3 Å². The number of nitrogens with zero attached hydrogens (tertiary/aromatic N) is 2. The Morgan fingerprint density at radius 2 is 1.36 bits per heavy atom. The lowest BCUT2D eigenvalue weighted by Gasteiger charge is -2.35. The van der Waals surface area contributed by atoms with Crippen LogP contribution in [0, 0.1) is 0 Å². The number of benzene rings is 3. The maximum absolute atomic E-state index is 12.8. The van der Waals surface area contributed by atoms with Crippen LogP contribution in [-0.2, 0) is 27.6 Å². The van der Waals surface area contributed by atoms with Gasteiger partial charge in [-0.1, -0.05) is 67.1 Å². The first-order valence-electron chi connectivity index (χ1n) is 13.3. The molecule has 5 nitrogen and oxygen atoms in total. The average Bonchev–Trinajstić information content (AvgIpc) is 3.22. The first-order chi connectivity index (χ1) is 18.7. The Labute approximate surface area is 225 Å². The summed E-state index contributed by atoms with van der Waals surface area (Å²) in [6.07, 6.45) is -2.19. The van der Waals surface area contributed by atoms with Gasteiger partial charge in [0.15, 0.2) is 0 Å². The second kappa shape index (κ2) is 10.8. The monoisotopic (exact) mass is 536 g/mol. The lowest BCUT2D eigenvalue weighted by molar-refractivity contribution is -0.142. The number of alkyl halides is 3. The van der Waals surface area contributed by atoms with Crippen LogP contribution in [0.25, 0.3) is 11.1 Å². The molecule has 3 aromatic carbocycles. The van der Waals surface area contributed by atoms with E-state index in [1.165, 1.54) is 12.1 Å². The van der Waals surface area contributed by atoms with Crippen LogP contribution < -0.4 is 0 Å². The normalized spacial score (nSPS) is 16.5. The van der Waals surface area contributed by atoms with E-state index in [9.17, 15) is 27.9 Å². The van der Waals surface area contributed by atoms with E-state index in [1.807, 2.05) is 48.5 Å². The molecule has 39 heavy (non-hydrogen) atoms. The first kappa shape index (κ1) is 26.9. The molecule has 1 amide bonds. The maximum atomic E-state index is 12.8. The van der Waals surface area contributed by atoms with Crippen molar-refractivity contribution in [2.24, 2.45) is 0 Å². The number of carboxylic acid groups (broad SMARTS) is 1. The van der Waals surface area contributed by atoms with Crippen LogP contribution in [0.5, 0.6) is 0 Å². The zero-order chi connectivity index (χ0) is 27.6. The first-order valence-corrected chi connectivity index (χ1v) is 13.3. The maximum Gasteiger partial charge on any atom is 0.416 e. The van der Waals surface area contributed by atoms with Crippen LogP contribution in [0.3, 0.4) is 0 Å². The summed E-state index contributed by atoms with van der Waals surface area (Å²) in [5, 5.41) is 10.4. The van der Waals surface area contributed by atoms with Gasteiger partial charge in [0.25, 0.3) is 0 Å². The molecule has 0 bridgehead atoms. The van der Waals surface area contributed by atoms with Gasteiger partial charge in [0.05, 0.1) is 12.0 Å². The largest absolute Gasteiger partial charge is 0.480 e. The highest BCUT2D eigenvalue weighted by Crippen LogP contribution is 2.51. The van der Waals surface area contributed by atoms with Crippen LogP contribution in [0.4, 0.5) is 13.2 Å². The van der Waals surface area contributed by atoms with Crippen molar-refractivity contribution in [3.8, 4) is 11.1 Å². The van der Waals surface area contributed by atoms with E-state index in [2.05, 4.69) is 4.90 Å². The van der Waals surface area contributed by atoms with Crippen LogP contribution in [0.2, 0.25) is 0 Å². The van der Waals surface area contributed by atoms with Crippen molar-refractivity contribution in [1.82, 2.24) is 9.80 Å². The highest BCUT2D eigenvalue weighted by atomic mass is 19.4. The van der Waals surface area contributed by atoms with Crippen LogP contribution in [0.15, 0.2) is 72.8 Å². The van der Waals surface area contributed by atoms with Crippen molar-refractivity contribution in [3.05, 3.63) is 95.1 Å². The van der Waals surface area contributed by atoms with E-state index in [-0.39, 0.29) is 12.3 Å². The Morgan fingerprint density at radius 1 is 0.795 bits per heavy atom. The van der Waals surface area contributed by atoms with Crippen LogP contribution >= 0.6 is 0 Å². The second-order valence-corrected chi connectivity index (χ2v) is 10.4. The number of amides is 1. The van der Waals surface area contributed by atoms with E-state index in [1.54, 1.807) is 4.90 Å². The smallest absolute Gasteiger partial charge is 0.416 e. The standard InChI is InChI=1S/C31H31F3N2O3/c32-31(33,34)23-13-11-22(12-14-23)21-28(37)36-19-17-35(18-20-36)16-6-5-15-30(29(38)39)26-9-3-1-7-24(26)25-8-2-4-10-27(25)30/h1-4,7-14H,5-6,15-21H2,(H,38,39). The fourth-order valence-electron chi connectivity index (χ4n) is 5.98. The number of carboxylic acids is 1. The summed E-state index contributed by atoms with van der Waals surface area (Å²) in [6.45, 7) is 3.39. The topological polar surface area (TPSA) is 60.9 Å². The summed E-state index contributed by atoms with van der Waals surface area (Å²) >= 11 is 0. The summed E-state index contributed by atoms with van der Waals surface area (Å²) in [5.41, 5.74) is 2.51. The Hall–Kier alpha value is -3.65. The van der Waals surface area contributed by atoms with Gasteiger partial charge in [-0.15, -0.1) is 0 Å². The third-order valence-corrected chi connectivity index (χ3v) is 8.07. The van der Waals surface area contributed by atoms with Gasteiger partial charge in [0, 0.05) is 26.2 Å². The molecular formula is C31H31F3N2O3. The molecule has 5 rings (SSSR count). The Bertz CT molecular complexity index is 1300. The summed E-state index contributed by atoms with van der Waals surface area (Å²) in [7, 11) is 0. The second-order valence-electron chi connectivity index (χ2n) is 10.4. The molecule has 1 aliphatic heterocycles. The minimum atomic E-state index is -4.39. The number of halogens is 3.